The number of halogens is 1. The van der Waals surface area contributed by atoms with E-state index in [-0.39, 0.29) is 41.2 Å². The van der Waals surface area contributed by atoms with Gasteiger partial charge in [-0.3, -0.25) is 9.78 Å². The molecule has 42 heavy (non-hydrogen) atoms. The number of amides is 1. The fourth-order valence-electron chi connectivity index (χ4n) is 5.69. The van der Waals surface area contributed by atoms with Crippen LogP contribution in [0.15, 0.2) is 42.0 Å². The maximum atomic E-state index is 15.9. The number of hydrogen-bond donors (Lipinski definition) is 0. The molecule has 6 rings (SSSR count). The SMILES string of the molecule is C=CC(=O)N1CC(C)N(c2nc(=O)n3c4nc(c(F)cc24)-n2cc(nn2)CCCOc2ccnc(C(C)C)c2-3)CC1C. The summed E-state index contributed by atoms with van der Waals surface area (Å²) in [4.78, 5) is 44.0. The van der Waals surface area contributed by atoms with E-state index in [2.05, 4.69) is 26.9 Å². The van der Waals surface area contributed by atoms with Crippen molar-refractivity contribution in [2.75, 3.05) is 24.6 Å². The van der Waals surface area contributed by atoms with Gasteiger partial charge in [-0.1, -0.05) is 25.6 Å². The van der Waals surface area contributed by atoms with Crippen molar-refractivity contribution in [2.24, 2.45) is 0 Å². The van der Waals surface area contributed by atoms with Gasteiger partial charge in [-0.2, -0.15) is 9.67 Å². The van der Waals surface area contributed by atoms with E-state index in [9.17, 15) is 9.59 Å². The predicted molar refractivity (Wildman–Crippen MR) is 154 cm³/mol. The van der Waals surface area contributed by atoms with Crippen molar-refractivity contribution in [2.45, 2.75) is 58.5 Å². The van der Waals surface area contributed by atoms with Gasteiger partial charge in [0.1, 0.15) is 17.3 Å². The summed E-state index contributed by atoms with van der Waals surface area (Å²) in [5.41, 5.74) is 1.28. The molecule has 2 unspecified atom stereocenters. The second-order valence-corrected chi connectivity index (χ2v) is 11.1. The molecule has 6 heterocycles. The third kappa shape index (κ3) is 4.58. The molecule has 0 aromatic carbocycles. The summed E-state index contributed by atoms with van der Waals surface area (Å²) in [5.74, 6) is -0.237. The molecule has 13 heteroatoms. The Morgan fingerprint density at radius 2 is 2.00 bits per heavy atom. The molecular weight excluding hydrogens is 541 g/mol. The number of pyridine rings is 2. The number of carbonyl (C=O) groups excluding carboxylic acids is 1. The van der Waals surface area contributed by atoms with Gasteiger partial charge in [0.2, 0.25) is 5.91 Å². The van der Waals surface area contributed by atoms with Crippen molar-refractivity contribution in [1.29, 1.82) is 0 Å². The molecule has 4 bridgehead atoms. The zero-order valence-electron chi connectivity index (χ0n) is 24.0. The maximum Gasteiger partial charge on any atom is 0.356 e. The third-order valence-corrected chi connectivity index (χ3v) is 7.78. The first-order valence-corrected chi connectivity index (χ1v) is 14.0. The highest BCUT2D eigenvalue weighted by Crippen LogP contribution is 2.35. The molecule has 0 radical (unpaired) electrons. The summed E-state index contributed by atoms with van der Waals surface area (Å²) in [5, 5.41) is 8.62. The van der Waals surface area contributed by atoms with Crippen LogP contribution < -0.4 is 15.3 Å². The average Bonchev–Trinajstić information content (AvgIpc) is 3.44. The Kier molecular flexibility index (Phi) is 6.95. The van der Waals surface area contributed by atoms with Gasteiger partial charge >= 0.3 is 5.69 Å². The molecule has 0 saturated carbocycles. The molecule has 2 aliphatic rings. The first-order chi connectivity index (χ1) is 20.2. The smallest absolute Gasteiger partial charge is 0.356 e. The zero-order valence-corrected chi connectivity index (χ0v) is 24.0. The second-order valence-electron chi connectivity index (χ2n) is 11.1. The summed E-state index contributed by atoms with van der Waals surface area (Å²) in [6, 6.07) is 2.62. The van der Waals surface area contributed by atoms with Crippen LogP contribution in [0.25, 0.3) is 22.5 Å². The van der Waals surface area contributed by atoms with Crippen LogP contribution in [0.2, 0.25) is 0 Å². The summed E-state index contributed by atoms with van der Waals surface area (Å²) in [7, 11) is 0. The van der Waals surface area contributed by atoms with Crippen molar-refractivity contribution in [3.8, 4) is 17.3 Å². The van der Waals surface area contributed by atoms with Crippen molar-refractivity contribution < 1.29 is 13.9 Å². The van der Waals surface area contributed by atoms with Crippen LogP contribution in [-0.2, 0) is 11.2 Å². The number of ether oxygens (including phenoxy) is 1. The Morgan fingerprint density at radius 3 is 2.76 bits per heavy atom. The van der Waals surface area contributed by atoms with E-state index in [1.165, 1.54) is 21.4 Å². The standard InChI is InChI=1S/C29H32FN9O3/c1-6-23(40)36-13-18(5)37(14-17(36)4)26-20-12-21(30)28-32-27(20)39(29(41)33-26)25-22(9-10-31-24(25)16(2)3)42-11-7-8-19-15-38(28)35-34-19/h6,9-10,12,15-18H,1,7-8,11,13-14H2,2-5H3. The minimum absolute atomic E-state index is 0.0745. The van der Waals surface area contributed by atoms with E-state index in [0.717, 1.165) is 0 Å². The molecule has 12 nitrogen and oxygen atoms in total. The van der Waals surface area contributed by atoms with Gasteiger partial charge in [0, 0.05) is 37.4 Å². The van der Waals surface area contributed by atoms with Crippen LogP contribution >= 0.6 is 0 Å². The Morgan fingerprint density at radius 1 is 1.19 bits per heavy atom. The fraction of sp³-hybridized carbons (Fsp3) is 0.414. The molecule has 0 N–H and O–H groups in total. The Hall–Kier alpha value is -4.68. The van der Waals surface area contributed by atoms with Gasteiger partial charge in [0.25, 0.3) is 0 Å². The van der Waals surface area contributed by atoms with Crippen LogP contribution in [0.1, 0.15) is 51.4 Å². The number of aromatic nitrogens is 7. The van der Waals surface area contributed by atoms with E-state index in [1.54, 1.807) is 23.4 Å². The first-order valence-electron chi connectivity index (χ1n) is 14.0. The van der Waals surface area contributed by atoms with Gasteiger partial charge in [-0.25, -0.2) is 18.7 Å². The van der Waals surface area contributed by atoms with Crippen LogP contribution in [-0.4, -0.2) is 77.1 Å². The maximum absolute atomic E-state index is 15.9. The number of nitrogens with zero attached hydrogens (tertiary/aromatic N) is 9. The highest BCUT2D eigenvalue weighted by Gasteiger charge is 2.34. The van der Waals surface area contributed by atoms with Crippen molar-refractivity contribution in [1.82, 2.24) is 39.4 Å². The van der Waals surface area contributed by atoms with Crippen LogP contribution in [0.5, 0.6) is 5.75 Å². The third-order valence-electron chi connectivity index (χ3n) is 7.78. The predicted octanol–water partition coefficient (Wildman–Crippen LogP) is 2.96. The molecule has 2 atom stereocenters. The Balaban J connectivity index is 1.65. The van der Waals surface area contributed by atoms with Crippen LogP contribution in [0.3, 0.4) is 0 Å². The lowest BCUT2D eigenvalue weighted by Gasteiger charge is -2.44. The average molecular weight is 574 g/mol. The van der Waals surface area contributed by atoms with Crippen molar-refractivity contribution in [3.63, 3.8) is 0 Å². The summed E-state index contributed by atoms with van der Waals surface area (Å²) < 4.78 is 24.7. The highest BCUT2D eigenvalue weighted by molar-refractivity contribution is 5.90. The number of hydrogen-bond acceptors (Lipinski definition) is 9. The number of fused-ring (bicyclic) bond motifs is 6. The molecular formula is C29H32FN9O3. The Labute approximate surface area is 241 Å². The molecule has 4 aromatic rings. The molecule has 218 valence electrons. The highest BCUT2D eigenvalue weighted by atomic mass is 19.1. The van der Waals surface area contributed by atoms with Crippen LogP contribution in [0.4, 0.5) is 10.2 Å². The fourth-order valence-corrected chi connectivity index (χ4v) is 5.69. The van der Waals surface area contributed by atoms with Gasteiger partial charge in [-0.15, -0.1) is 5.10 Å². The minimum Gasteiger partial charge on any atom is -0.491 e. The quantitative estimate of drug-likeness (QED) is 0.340. The molecule has 0 spiro atoms. The largest absolute Gasteiger partial charge is 0.491 e. The normalized spacial score (nSPS) is 18.7. The van der Waals surface area contributed by atoms with E-state index < -0.39 is 11.5 Å². The van der Waals surface area contributed by atoms with Crippen LogP contribution in [0, 0.1) is 5.82 Å². The van der Waals surface area contributed by atoms with Gasteiger partial charge in [-0.05, 0) is 44.7 Å². The summed E-state index contributed by atoms with van der Waals surface area (Å²) in [6.45, 7) is 12.5. The molecule has 2 aliphatic heterocycles. The van der Waals surface area contributed by atoms with E-state index >= 15 is 4.39 Å². The van der Waals surface area contributed by atoms with Gasteiger partial charge < -0.3 is 14.5 Å². The monoisotopic (exact) mass is 573 g/mol. The summed E-state index contributed by atoms with van der Waals surface area (Å²) in [6.07, 6.45) is 5.77. The van der Waals surface area contributed by atoms with Gasteiger partial charge in [0.05, 0.1) is 29.6 Å². The topological polar surface area (TPSA) is 124 Å². The second kappa shape index (κ2) is 10.6. The zero-order chi connectivity index (χ0) is 29.7. The number of carbonyl (C=O) groups is 1. The molecule has 1 fully saturated rings. The Bertz CT molecular complexity index is 1770. The summed E-state index contributed by atoms with van der Waals surface area (Å²) >= 11 is 0. The number of piperazine rings is 1. The molecule has 0 aliphatic carbocycles. The lowest BCUT2D eigenvalue weighted by Crippen LogP contribution is -2.58. The molecule has 4 aromatic heterocycles. The number of aryl methyl sites for hydroxylation is 1. The van der Waals surface area contributed by atoms with Crippen molar-refractivity contribution >= 4 is 22.8 Å². The van der Waals surface area contributed by atoms with Gasteiger partial charge in [0.15, 0.2) is 17.3 Å². The number of rotatable bonds is 3. The molecule has 1 amide bonds. The van der Waals surface area contributed by atoms with E-state index in [0.29, 0.717) is 60.7 Å². The first kappa shape index (κ1) is 27.5. The van der Waals surface area contributed by atoms with E-state index in [1.807, 2.05) is 32.6 Å². The molecule has 1 saturated heterocycles. The van der Waals surface area contributed by atoms with E-state index in [4.69, 9.17) is 9.72 Å². The van der Waals surface area contributed by atoms with Crippen molar-refractivity contribution in [3.05, 3.63) is 64.9 Å². The lowest BCUT2D eigenvalue weighted by atomic mass is 10.1. The lowest BCUT2D eigenvalue weighted by molar-refractivity contribution is -0.128. The number of anilines is 1. The minimum atomic E-state index is -0.644.